The van der Waals surface area contributed by atoms with Crippen molar-refractivity contribution in [3.8, 4) is 6.07 Å². The third-order valence-corrected chi connectivity index (χ3v) is 3.63. The first-order chi connectivity index (χ1) is 11.6. The number of hydrogen-bond donors (Lipinski definition) is 0. The first kappa shape index (κ1) is 17.2. The number of carbonyl (C=O) groups is 2. The number of amides is 1. The van der Waals surface area contributed by atoms with Gasteiger partial charge in [0.1, 0.15) is 0 Å². The van der Waals surface area contributed by atoms with Crippen LogP contribution in [0.15, 0.2) is 48.5 Å². The Morgan fingerprint density at radius 2 is 1.92 bits per heavy atom. The van der Waals surface area contributed by atoms with Crippen LogP contribution in [0.2, 0.25) is 0 Å². The molecule has 5 nitrogen and oxygen atoms in total. The van der Waals surface area contributed by atoms with Crippen LogP contribution in [-0.4, -0.2) is 30.9 Å². The van der Waals surface area contributed by atoms with Crippen molar-refractivity contribution in [3.05, 3.63) is 70.8 Å². The Morgan fingerprint density at radius 1 is 1.17 bits per heavy atom. The van der Waals surface area contributed by atoms with Crippen LogP contribution in [-0.2, 0) is 17.7 Å². The third-order valence-electron chi connectivity index (χ3n) is 3.63. The molecule has 2 aromatic rings. The minimum absolute atomic E-state index is 0.172. The highest BCUT2D eigenvalue weighted by Crippen LogP contribution is 2.15. The topological polar surface area (TPSA) is 70.4 Å². The van der Waals surface area contributed by atoms with Gasteiger partial charge in [-0.3, -0.25) is 4.79 Å². The van der Waals surface area contributed by atoms with Crippen molar-refractivity contribution in [2.75, 3.05) is 14.2 Å². The monoisotopic (exact) mass is 322 g/mol. The summed E-state index contributed by atoms with van der Waals surface area (Å²) in [7, 11) is 3.00. The van der Waals surface area contributed by atoms with Crippen molar-refractivity contribution in [1.29, 1.82) is 5.26 Å². The van der Waals surface area contributed by atoms with Gasteiger partial charge in [-0.25, -0.2) is 4.79 Å². The summed E-state index contributed by atoms with van der Waals surface area (Å²) >= 11 is 0. The van der Waals surface area contributed by atoms with E-state index in [9.17, 15) is 9.59 Å². The van der Waals surface area contributed by atoms with Crippen molar-refractivity contribution in [2.45, 2.75) is 13.0 Å². The first-order valence-electron chi connectivity index (χ1n) is 7.44. The Hall–Kier alpha value is -3.13. The van der Waals surface area contributed by atoms with E-state index in [2.05, 4.69) is 6.07 Å². The molecule has 5 heteroatoms. The van der Waals surface area contributed by atoms with Crippen molar-refractivity contribution in [1.82, 2.24) is 4.90 Å². The van der Waals surface area contributed by atoms with Crippen LogP contribution in [0.5, 0.6) is 0 Å². The van der Waals surface area contributed by atoms with E-state index < -0.39 is 5.97 Å². The zero-order valence-electron chi connectivity index (χ0n) is 13.7. The highest BCUT2D eigenvalue weighted by molar-refractivity contribution is 5.95. The predicted molar refractivity (Wildman–Crippen MR) is 89.3 cm³/mol. The summed E-state index contributed by atoms with van der Waals surface area (Å²) in [6, 6.07) is 16.1. The van der Waals surface area contributed by atoms with Crippen LogP contribution in [0, 0.1) is 11.3 Å². The van der Waals surface area contributed by atoms with Crippen molar-refractivity contribution in [2.24, 2.45) is 0 Å². The fourth-order valence-corrected chi connectivity index (χ4v) is 2.42. The predicted octanol–water partition coefficient (Wildman–Crippen LogP) is 2.81. The van der Waals surface area contributed by atoms with E-state index in [1.54, 1.807) is 43.4 Å². The number of rotatable bonds is 5. The van der Waals surface area contributed by atoms with Crippen molar-refractivity contribution < 1.29 is 14.3 Å². The second-order valence-corrected chi connectivity index (χ2v) is 5.35. The average Bonchev–Trinajstić information content (AvgIpc) is 2.61. The maximum atomic E-state index is 12.6. The number of hydrogen-bond acceptors (Lipinski definition) is 4. The molecule has 0 aliphatic carbocycles. The molecule has 2 aromatic carbocycles. The van der Waals surface area contributed by atoms with Gasteiger partial charge < -0.3 is 9.64 Å². The summed E-state index contributed by atoms with van der Waals surface area (Å²) in [5.74, 6) is -0.600. The number of carbonyl (C=O) groups excluding carboxylic acids is 2. The minimum Gasteiger partial charge on any atom is -0.465 e. The van der Waals surface area contributed by atoms with Crippen LogP contribution < -0.4 is 0 Å². The van der Waals surface area contributed by atoms with E-state index in [0.717, 1.165) is 5.56 Å². The molecular weight excluding hydrogens is 304 g/mol. The molecule has 0 aliphatic heterocycles. The Labute approximate surface area is 141 Å². The van der Waals surface area contributed by atoms with Gasteiger partial charge in [0, 0.05) is 19.2 Å². The molecule has 0 fully saturated rings. The molecule has 0 bridgehead atoms. The Bertz CT molecular complexity index is 793. The Morgan fingerprint density at radius 3 is 2.62 bits per heavy atom. The first-order valence-corrected chi connectivity index (χ1v) is 7.44. The number of benzene rings is 2. The number of nitriles is 1. The molecule has 0 saturated heterocycles. The SMILES string of the molecule is COC(=O)c1ccccc1CN(C)C(=O)c1cccc(CC#N)c1. The molecule has 122 valence electrons. The van der Waals surface area contributed by atoms with Crippen LogP contribution in [0.1, 0.15) is 31.8 Å². The highest BCUT2D eigenvalue weighted by atomic mass is 16.5. The van der Waals surface area contributed by atoms with Gasteiger partial charge in [0.15, 0.2) is 0 Å². The lowest BCUT2D eigenvalue weighted by Gasteiger charge is -2.19. The molecule has 0 spiro atoms. The average molecular weight is 322 g/mol. The summed E-state index contributed by atoms with van der Waals surface area (Å²) in [4.78, 5) is 25.9. The quantitative estimate of drug-likeness (QED) is 0.794. The molecule has 0 saturated carbocycles. The standard InChI is InChI=1S/C19H18N2O3/c1-21(13-16-7-3-4-9-17(16)19(23)24-2)18(22)15-8-5-6-14(12-15)10-11-20/h3-9,12H,10,13H2,1-2H3. The van der Waals surface area contributed by atoms with Crippen LogP contribution in [0.25, 0.3) is 0 Å². The van der Waals surface area contributed by atoms with Gasteiger partial charge in [0.25, 0.3) is 5.91 Å². The lowest BCUT2D eigenvalue weighted by atomic mass is 10.1. The van der Waals surface area contributed by atoms with Gasteiger partial charge in [-0.2, -0.15) is 5.26 Å². The Balaban J connectivity index is 2.20. The number of ether oxygens (including phenoxy) is 1. The molecule has 2 rings (SSSR count). The van der Waals surface area contributed by atoms with E-state index in [1.165, 1.54) is 12.0 Å². The van der Waals surface area contributed by atoms with Crippen LogP contribution in [0.4, 0.5) is 0 Å². The summed E-state index contributed by atoms with van der Waals surface area (Å²) < 4.78 is 4.77. The normalized spacial score (nSPS) is 9.88. The zero-order valence-corrected chi connectivity index (χ0v) is 13.7. The summed E-state index contributed by atoms with van der Waals surface area (Å²) in [6.45, 7) is 0.284. The molecule has 0 aromatic heterocycles. The number of nitrogens with zero attached hydrogens (tertiary/aromatic N) is 2. The zero-order chi connectivity index (χ0) is 17.5. The van der Waals surface area contributed by atoms with E-state index in [0.29, 0.717) is 16.7 Å². The molecule has 24 heavy (non-hydrogen) atoms. The molecule has 0 heterocycles. The maximum absolute atomic E-state index is 12.6. The van der Waals surface area contributed by atoms with E-state index in [-0.39, 0.29) is 18.9 Å². The smallest absolute Gasteiger partial charge is 0.338 e. The second-order valence-electron chi connectivity index (χ2n) is 5.35. The third kappa shape index (κ3) is 3.99. The molecule has 0 radical (unpaired) electrons. The summed E-state index contributed by atoms with van der Waals surface area (Å²) in [6.07, 6.45) is 0.260. The molecule has 1 amide bonds. The van der Waals surface area contributed by atoms with Crippen molar-refractivity contribution in [3.63, 3.8) is 0 Å². The fourth-order valence-electron chi connectivity index (χ4n) is 2.42. The van der Waals surface area contributed by atoms with E-state index in [4.69, 9.17) is 10.00 Å². The van der Waals surface area contributed by atoms with E-state index >= 15 is 0 Å². The molecule has 0 aliphatic rings. The molecule has 0 unspecified atom stereocenters. The van der Waals surface area contributed by atoms with Gasteiger partial charge >= 0.3 is 5.97 Å². The van der Waals surface area contributed by atoms with E-state index in [1.807, 2.05) is 12.1 Å². The van der Waals surface area contributed by atoms with Gasteiger partial charge in [-0.15, -0.1) is 0 Å². The van der Waals surface area contributed by atoms with Gasteiger partial charge in [0.05, 0.1) is 25.2 Å². The van der Waals surface area contributed by atoms with Gasteiger partial charge in [-0.05, 0) is 29.3 Å². The molecule has 0 atom stereocenters. The maximum Gasteiger partial charge on any atom is 0.338 e. The number of methoxy groups -OCH3 is 1. The second kappa shape index (κ2) is 7.93. The van der Waals surface area contributed by atoms with Crippen LogP contribution >= 0.6 is 0 Å². The Kier molecular flexibility index (Phi) is 5.69. The van der Waals surface area contributed by atoms with Crippen LogP contribution in [0.3, 0.4) is 0 Å². The number of esters is 1. The molecular formula is C19H18N2O3. The van der Waals surface area contributed by atoms with Gasteiger partial charge in [-0.1, -0.05) is 30.3 Å². The fraction of sp³-hybridized carbons (Fsp3) is 0.211. The lowest BCUT2D eigenvalue weighted by Crippen LogP contribution is -2.27. The van der Waals surface area contributed by atoms with Crippen molar-refractivity contribution >= 4 is 11.9 Å². The molecule has 0 N–H and O–H groups in total. The highest BCUT2D eigenvalue weighted by Gasteiger charge is 2.16. The summed E-state index contributed by atoms with van der Waals surface area (Å²) in [5, 5.41) is 8.77. The minimum atomic E-state index is -0.428. The largest absolute Gasteiger partial charge is 0.465 e. The van der Waals surface area contributed by atoms with Gasteiger partial charge in [0.2, 0.25) is 0 Å². The lowest BCUT2D eigenvalue weighted by molar-refractivity contribution is 0.0595. The summed E-state index contributed by atoms with van der Waals surface area (Å²) in [5.41, 5.74) is 2.47.